The zero-order valence-electron chi connectivity index (χ0n) is 12.1. The molecule has 1 atom stereocenters. The molecule has 1 aliphatic rings. The Bertz CT molecular complexity index is 574. The van der Waals surface area contributed by atoms with Crippen LogP contribution in [0.4, 0.5) is 0 Å². The molecule has 3 rings (SSSR count). The molecule has 2 aromatic rings. The summed E-state index contributed by atoms with van der Waals surface area (Å²) in [5.41, 5.74) is 0.839. The molecular formula is C17H20O3S. The fourth-order valence-corrected chi connectivity index (χ4v) is 3.49. The largest absolute Gasteiger partial charge is 0.493 e. The quantitative estimate of drug-likeness (QED) is 0.901. The third-order valence-corrected chi connectivity index (χ3v) is 4.84. The molecule has 0 amide bonds. The molecule has 0 bridgehead atoms. The zero-order valence-corrected chi connectivity index (χ0v) is 12.9. The van der Waals surface area contributed by atoms with E-state index in [0.717, 1.165) is 34.8 Å². The number of aliphatic hydroxyl groups excluding tert-OH is 1. The summed E-state index contributed by atoms with van der Waals surface area (Å²) < 4.78 is 11.4. The van der Waals surface area contributed by atoms with Crippen LogP contribution in [0.1, 0.15) is 42.2 Å². The van der Waals surface area contributed by atoms with Gasteiger partial charge in [0.15, 0.2) is 11.5 Å². The van der Waals surface area contributed by atoms with Crippen molar-refractivity contribution in [3.63, 3.8) is 0 Å². The van der Waals surface area contributed by atoms with Crippen molar-refractivity contribution in [2.75, 3.05) is 7.11 Å². The van der Waals surface area contributed by atoms with Crippen molar-refractivity contribution >= 4 is 11.3 Å². The average molecular weight is 304 g/mol. The lowest BCUT2D eigenvalue weighted by atomic mass is 10.1. The van der Waals surface area contributed by atoms with Crippen LogP contribution in [0.25, 0.3) is 0 Å². The van der Waals surface area contributed by atoms with Gasteiger partial charge in [0.05, 0.1) is 13.2 Å². The highest BCUT2D eigenvalue weighted by Gasteiger charge is 2.20. The monoisotopic (exact) mass is 304 g/mol. The van der Waals surface area contributed by atoms with Gasteiger partial charge < -0.3 is 14.6 Å². The van der Waals surface area contributed by atoms with Crippen LogP contribution in [0.2, 0.25) is 0 Å². The zero-order chi connectivity index (χ0) is 14.7. The lowest BCUT2D eigenvalue weighted by molar-refractivity contribution is 0.197. The van der Waals surface area contributed by atoms with Crippen molar-refractivity contribution in [1.29, 1.82) is 0 Å². The summed E-state index contributed by atoms with van der Waals surface area (Å²) in [6.45, 7) is 0. The van der Waals surface area contributed by atoms with E-state index in [1.807, 2.05) is 35.7 Å². The Kier molecular flexibility index (Phi) is 4.46. The molecule has 1 unspecified atom stereocenters. The van der Waals surface area contributed by atoms with Crippen molar-refractivity contribution in [3.8, 4) is 11.5 Å². The van der Waals surface area contributed by atoms with Crippen LogP contribution in [0.15, 0.2) is 35.7 Å². The van der Waals surface area contributed by atoms with Gasteiger partial charge in [0.25, 0.3) is 0 Å². The fourth-order valence-electron chi connectivity index (χ4n) is 2.75. The lowest BCUT2D eigenvalue weighted by Crippen LogP contribution is -2.12. The van der Waals surface area contributed by atoms with E-state index >= 15 is 0 Å². The summed E-state index contributed by atoms with van der Waals surface area (Å²) in [4.78, 5) is 0.937. The first-order valence-corrected chi connectivity index (χ1v) is 8.22. The van der Waals surface area contributed by atoms with E-state index in [1.165, 1.54) is 12.8 Å². The lowest BCUT2D eigenvalue weighted by Gasteiger charge is -2.18. The highest BCUT2D eigenvalue weighted by Crippen LogP contribution is 2.35. The molecule has 1 aliphatic carbocycles. The molecule has 1 fully saturated rings. The Morgan fingerprint density at radius 1 is 1.19 bits per heavy atom. The molecule has 112 valence electrons. The topological polar surface area (TPSA) is 38.7 Å². The number of hydrogen-bond donors (Lipinski definition) is 1. The molecule has 1 heterocycles. The minimum Gasteiger partial charge on any atom is -0.493 e. The Labute approximate surface area is 129 Å². The number of benzene rings is 1. The third kappa shape index (κ3) is 3.22. The Morgan fingerprint density at radius 3 is 2.67 bits per heavy atom. The second kappa shape index (κ2) is 6.50. The highest BCUT2D eigenvalue weighted by molar-refractivity contribution is 7.10. The van der Waals surface area contributed by atoms with Crippen molar-refractivity contribution < 1.29 is 14.6 Å². The SMILES string of the molecule is COc1ccc(C(O)c2cccs2)cc1OC1CCCC1. The van der Waals surface area contributed by atoms with E-state index in [2.05, 4.69) is 0 Å². The molecule has 3 nitrogen and oxygen atoms in total. The summed E-state index contributed by atoms with van der Waals surface area (Å²) in [5.74, 6) is 1.46. The van der Waals surface area contributed by atoms with Gasteiger partial charge in [0, 0.05) is 4.88 Å². The normalized spacial score (nSPS) is 16.9. The molecule has 4 heteroatoms. The van der Waals surface area contributed by atoms with E-state index < -0.39 is 6.10 Å². The summed E-state index contributed by atoms with van der Waals surface area (Å²) >= 11 is 1.55. The molecule has 0 spiro atoms. The second-order valence-corrected chi connectivity index (χ2v) is 6.33. The summed E-state index contributed by atoms with van der Waals surface area (Å²) in [7, 11) is 1.65. The summed E-state index contributed by atoms with van der Waals surface area (Å²) in [5, 5.41) is 12.4. The van der Waals surface area contributed by atoms with E-state index in [1.54, 1.807) is 18.4 Å². The van der Waals surface area contributed by atoms with E-state index in [9.17, 15) is 5.11 Å². The fraction of sp³-hybridized carbons (Fsp3) is 0.412. The number of rotatable bonds is 5. The standard InChI is InChI=1S/C17H20O3S/c1-19-14-9-8-12(17(18)16-7-4-10-21-16)11-15(14)20-13-5-2-3-6-13/h4,7-11,13,17-18H,2-3,5-6H2,1H3. The molecule has 1 aromatic heterocycles. The first-order chi connectivity index (χ1) is 10.3. The maximum absolute atomic E-state index is 10.4. The maximum atomic E-state index is 10.4. The molecule has 0 saturated heterocycles. The van der Waals surface area contributed by atoms with E-state index in [4.69, 9.17) is 9.47 Å². The first kappa shape index (κ1) is 14.4. The molecular weight excluding hydrogens is 284 g/mol. The van der Waals surface area contributed by atoms with Gasteiger partial charge in [-0.2, -0.15) is 0 Å². The number of ether oxygens (including phenoxy) is 2. The molecule has 1 aromatic carbocycles. The van der Waals surface area contributed by atoms with Crippen LogP contribution in [0.5, 0.6) is 11.5 Å². The summed E-state index contributed by atoms with van der Waals surface area (Å²) in [6.07, 6.45) is 4.31. The van der Waals surface area contributed by atoms with E-state index in [0.29, 0.717) is 0 Å². The highest BCUT2D eigenvalue weighted by atomic mass is 32.1. The molecule has 21 heavy (non-hydrogen) atoms. The predicted octanol–water partition coefficient (Wildman–Crippen LogP) is 4.16. The van der Waals surface area contributed by atoms with Crippen molar-refractivity contribution in [1.82, 2.24) is 0 Å². The van der Waals surface area contributed by atoms with Crippen LogP contribution < -0.4 is 9.47 Å². The predicted molar refractivity (Wildman–Crippen MR) is 84.3 cm³/mol. The Hall–Kier alpha value is -1.52. The van der Waals surface area contributed by atoms with Crippen LogP contribution in [0.3, 0.4) is 0 Å². The number of aliphatic hydroxyl groups is 1. The summed E-state index contributed by atoms with van der Waals surface area (Å²) in [6, 6.07) is 9.56. The van der Waals surface area contributed by atoms with Crippen LogP contribution in [-0.2, 0) is 0 Å². The van der Waals surface area contributed by atoms with Crippen LogP contribution in [-0.4, -0.2) is 18.3 Å². The molecule has 0 radical (unpaired) electrons. The number of hydrogen-bond acceptors (Lipinski definition) is 4. The molecule has 0 aliphatic heterocycles. The van der Waals surface area contributed by atoms with Crippen LogP contribution >= 0.6 is 11.3 Å². The minimum absolute atomic E-state index is 0.271. The first-order valence-electron chi connectivity index (χ1n) is 7.34. The molecule has 1 saturated carbocycles. The van der Waals surface area contributed by atoms with Gasteiger partial charge in [-0.1, -0.05) is 12.1 Å². The Morgan fingerprint density at radius 2 is 2.00 bits per heavy atom. The van der Waals surface area contributed by atoms with Gasteiger partial charge in [0.1, 0.15) is 6.10 Å². The average Bonchev–Trinajstić information content (AvgIpc) is 3.19. The van der Waals surface area contributed by atoms with E-state index in [-0.39, 0.29) is 6.10 Å². The Balaban J connectivity index is 1.85. The van der Waals surface area contributed by atoms with Gasteiger partial charge in [-0.3, -0.25) is 0 Å². The van der Waals surface area contributed by atoms with Gasteiger partial charge in [-0.05, 0) is 54.8 Å². The van der Waals surface area contributed by atoms with Gasteiger partial charge in [-0.15, -0.1) is 11.3 Å². The third-order valence-electron chi connectivity index (χ3n) is 3.91. The van der Waals surface area contributed by atoms with Gasteiger partial charge in [0.2, 0.25) is 0 Å². The minimum atomic E-state index is -0.609. The molecule has 1 N–H and O–H groups in total. The van der Waals surface area contributed by atoms with Crippen molar-refractivity contribution in [2.45, 2.75) is 37.9 Å². The smallest absolute Gasteiger partial charge is 0.161 e. The van der Waals surface area contributed by atoms with Gasteiger partial charge in [-0.25, -0.2) is 0 Å². The number of methoxy groups -OCH3 is 1. The van der Waals surface area contributed by atoms with Crippen molar-refractivity contribution in [3.05, 3.63) is 46.2 Å². The maximum Gasteiger partial charge on any atom is 0.161 e. The second-order valence-electron chi connectivity index (χ2n) is 5.35. The number of thiophene rings is 1. The van der Waals surface area contributed by atoms with Crippen LogP contribution in [0, 0.1) is 0 Å². The van der Waals surface area contributed by atoms with Gasteiger partial charge >= 0.3 is 0 Å². The van der Waals surface area contributed by atoms with Crippen molar-refractivity contribution in [2.24, 2.45) is 0 Å².